The number of benzene rings is 3. The molecule has 7 nitrogen and oxygen atoms in total. The number of hydrogen-bond acceptors (Lipinski definition) is 5. The second-order valence-electron chi connectivity index (χ2n) is 9.97. The molecule has 1 aliphatic rings. The summed E-state index contributed by atoms with van der Waals surface area (Å²) in [4.78, 5) is 26.8. The Bertz CT molecular complexity index is 1470. The lowest BCUT2D eigenvalue weighted by Crippen LogP contribution is -2.57. The third kappa shape index (κ3) is 7.05. The van der Waals surface area contributed by atoms with Gasteiger partial charge in [-0.3, -0.25) is 9.59 Å². The van der Waals surface area contributed by atoms with Gasteiger partial charge >= 0.3 is 0 Å². The molecular weight excluding hydrogens is 534 g/mol. The molecule has 9 heteroatoms. The minimum absolute atomic E-state index is 0.00991. The average molecular weight is 564 g/mol. The molecule has 1 unspecified atom stereocenters. The van der Waals surface area contributed by atoms with Crippen LogP contribution in [-0.4, -0.2) is 43.3 Å². The number of rotatable bonds is 8. The predicted octanol–water partition coefficient (Wildman–Crippen LogP) is 4.89. The van der Waals surface area contributed by atoms with Crippen molar-refractivity contribution < 1.29 is 18.0 Å². The van der Waals surface area contributed by atoms with E-state index in [0.717, 1.165) is 16.7 Å². The normalized spacial score (nSPS) is 17.3. The molecule has 2 atom stereocenters. The summed E-state index contributed by atoms with van der Waals surface area (Å²) in [6.07, 6.45) is 0.311. The smallest absolute Gasteiger partial charge is 0.251 e. The second-order valence-corrected chi connectivity index (χ2v) is 12.7. The molecule has 2 amide bonds. The molecule has 0 saturated carbocycles. The third-order valence-corrected chi connectivity index (χ3v) is 9.15. The van der Waals surface area contributed by atoms with Gasteiger partial charge in [0.05, 0.1) is 17.6 Å². The van der Waals surface area contributed by atoms with Crippen LogP contribution in [0.15, 0.2) is 78.9 Å². The van der Waals surface area contributed by atoms with Gasteiger partial charge in [-0.15, -0.1) is 0 Å². The number of halogens is 1. The Morgan fingerprint density at radius 1 is 0.974 bits per heavy atom. The number of amides is 2. The third-order valence-electron chi connectivity index (χ3n) is 7.17. The lowest BCUT2D eigenvalue weighted by Gasteiger charge is -2.33. The fraction of sp³-hybridized carbons (Fsp3) is 0.300. The second kappa shape index (κ2) is 12.0. The first kappa shape index (κ1) is 28.3. The monoisotopic (exact) mass is 563 g/mol. The molecule has 202 valence electrons. The first-order valence-corrected chi connectivity index (χ1v) is 15.0. The van der Waals surface area contributed by atoms with Crippen LogP contribution in [0.3, 0.4) is 0 Å². The van der Waals surface area contributed by atoms with Crippen molar-refractivity contribution in [2.24, 2.45) is 0 Å². The number of nitrogens with zero attached hydrogens (tertiary/aromatic N) is 1. The van der Waals surface area contributed by atoms with Gasteiger partial charge in [-0.1, -0.05) is 79.2 Å². The predicted molar refractivity (Wildman–Crippen MR) is 152 cm³/mol. The highest BCUT2D eigenvalue weighted by Gasteiger charge is 2.40. The molecule has 4 rings (SSSR count). The molecule has 39 heavy (non-hydrogen) atoms. The minimum Gasteiger partial charge on any atom is -0.340 e. The maximum atomic E-state index is 13.5. The summed E-state index contributed by atoms with van der Waals surface area (Å²) in [7, 11) is -3.24. The van der Waals surface area contributed by atoms with Crippen LogP contribution in [-0.2, 0) is 14.6 Å². The number of sulfone groups is 1. The molecule has 0 aromatic heterocycles. The quantitative estimate of drug-likeness (QED) is 0.405. The zero-order chi connectivity index (χ0) is 28.0. The van der Waals surface area contributed by atoms with E-state index in [0.29, 0.717) is 17.0 Å². The van der Waals surface area contributed by atoms with Crippen molar-refractivity contribution in [3.05, 3.63) is 95.0 Å². The van der Waals surface area contributed by atoms with Crippen LogP contribution in [0.5, 0.6) is 0 Å². The lowest BCUT2D eigenvalue weighted by molar-refractivity contribution is -0.124. The average Bonchev–Trinajstić information content (AvgIpc) is 2.94. The van der Waals surface area contributed by atoms with Crippen LogP contribution in [0.1, 0.15) is 48.0 Å². The van der Waals surface area contributed by atoms with Crippen molar-refractivity contribution in [3.63, 3.8) is 0 Å². The Kier molecular flexibility index (Phi) is 8.73. The van der Waals surface area contributed by atoms with E-state index in [9.17, 15) is 23.3 Å². The highest BCUT2D eigenvalue weighted by molar-refractivity contribution is 7.91. The number of hydrogen-bond donors (Lipinski definition) is 2. The molecule has 0 spiro atoms. The molecule has 1 saturated heterocycles. The minimum atomic E-state index is -3.24. The highest BCUT2D eigenvalue weighted by atomic mass is 35.5. The summed E-state index contributed by atoms with van der Waals surface area (Å²) in [6, 6.07) is 25.2. The zero-order valence-electron chi connectivity index (χ0n) is 21.6. The van der Waals surface area contributed by atoms with Crippen molar-refractivity contribution in [2.75, 3.05) is 11.5 Å². The van der Waals surface area contributed by atoms with Crippen molar-refractivity contribution in [1.29, 1.82) is 5.26 Å². The summed E-state index contributed by atoms with van der Waals surface area (Å²) in [6.45, 7) is 1.97. The first-order chi connectivity index (χ1) is 18.6. The SMILES string of the molecule is C[C@@H](CC(NC(=O)c1ccc(-c2ccccc2Cl)cc1)C(=O)NC1(C#N)CCS(=O)(=O)CC1)c1ccccc1. The van der Waals surface area contributed by atoms with Gasteiger partial charge < -0.3 is 10.6 Å². The van der Waals surface area contributed by atoms with Crippen LogP contribution in [0.4, 0.5) is 0 Å². The molecule has 3 aromatic carbocycles. The van der Waals surface area contributed by atoms with Gasteiger partial charge in [-0.05, 0) is 54.5 Å². The molecule has 0 aliphatic carbocycles. The van der Waals surface area contributed by atoms with Gasteiger partial charge in [0.2, 0.25) is 5.91 Å². The fourth-order valence-corrected chi connectivity index (χ4v) is 6.48. The molecular formula is C30H30ClN3O4S. The van der Waals surface area contributed by atoms with Crippen molar-refractivity contribution in [1.82, 2.24) is 10.6 Å². The standard InChI is InChI=1S/C30H30ClN3O4S/c1-21(22-7-3-2-4-8-22)19-27(29(36)34-30(20-32)15-17-39(37,38)18-16-30)33-28(35)24-13-11-23(12-14-24)25-9-5-6-10-26(25)31/h2-14,21,27H,15-19H2,1H3,(H,33,35)(H,34,36)/t21-,27?/m0/s1. The van der Waals surface area contributed by atoms with Crippen LogP contribution in [0.25, 0.3) is 11.1 Å². The van der Waals surface area contributed by atoms with E-state index in [1.54, 1.807) is 30.3 Å². The van der Waals surface area contributed by atoms with E-state index >= 15 is 0 Å². The number of carbonyl (C=O) groups is 2. The van der Waals surface area contributed by atoms with E-state index in [4.69, 9.17) is 11.6 Å². The van der Waals surface area contributed by atoms with E-state index in [-0.39, 0.29) is 30.3 Å². The van der Waals surface area contributed by atoms with Gasteiger partial charge in [-0.25, -0.2) is 8.42 Å². The lowest BCUT2D eigenvalue weighted by atomic mass is 9.90. The van der Waals surface area contributed by atoms with E-state index in [1.165, 1.54) is 0 Å². The Morgan fingerprint density at radius 3 is 2.21 bits per heavy atom. The van der Waals surface area contributed by atoms with Crippen molar-refractivity contribution in [2.45, 2.75) is 43.7 Å². The van der Waals surface area contributed by atoms with Gasteiger partial charge in [0, 0.05) is 16.1 Å². The number of nitrogens with one attached hydrogen (secondary N) is 2. The Balaban J connectivity index is 1.54. The van der Waals surface area contributed by atoms with Gasteiger partial charge in [-0.2, -0.15) is 5.26 Å². The van der Waals surface area contributed by atoms with Crippen molar-refractivity contribution in [3.8, 4) is 17.2 Å². The topological polar surface area (TPSA) is 116 Å². The number of carbonyl (C=O) groups excluding carboxylic acids is 2. The van der Waals surface area contributed by atoms with Crippen LogP contribution < -0.4 is 10.6 Å². The summed E-state index contributed by atoms with van der Waals surface area (Å²) in [5.41, 5.74) is 1.78. The van der Waals surface area contributed by atoms with Gasteiger partial charge in [0.25, 0.3) is 5.91 Å². The van der Waals surface area contributed by atoms with Gasteiger partial charge in [0.1, 0.15) is 11.6 Å². The molecule has 3 aromatic rings. The van der Waals surface area contributed by atoms with Gasteiger partial charge in [0.15, 0.2) is 9.84 Å². The Morgan fingerprint density at radius 2 is 1.59 bits per heavy atom. The first-order valence-electron chi connectivity index (χ1n) is 12.8. The van der Waals surface area contributed by atoms with E-state index in [2.05, 4.69) is 16.7 Å². The highest BCUT2D eigenvalue weighted by Crippen LogP contribution is 2.28. The van der Waals surface area contributed by atoms with Crippen LogP contribution in [0.2, 0.25) is 5.02 Å². The Hall–Kier alpha value is -3.67. The molecule has 0 bridgehead atoms. The fourth-order valence-electron chi connectivity index (χ4n) is 4.72. The molecule has 2 N–H and O–H groups in total. The maximum absolute atomic E-state index is 13.5. The van der Waals surface area contributed by atoms with E-state index in [1.807, 2.05) is 55.5 Å². The number of nitriles is 1. The van der Waals surface area contributed by atoms with Crippen LogP contribution in [0, 0.1) is 11.3 Å². The summed E-state index contributed by atoms with van der Waals surface area (Å²) < 4.78 is 23.9. The summed E-state index contributed by atoms with van der Waals surface area (Å²) in [5.74, 6) is -1.36. The summed E-state index contributed by atoms with van der Waals surface area (Å²) >= 11 is 6.30. The summed E-state index contributed by atoms with van der Waals surface area (Å²) in [5, 5.41) is 16.1. The molecule has 1 fully saturated rings. The van der Waals surface area contributed by atoms with E-state index < -0.39 is 33.2 Å². The molecule has 0 radical (unpaired) electrons. The molecule has 1 aliphatic heterocycles. The largest absolute Gasteiger partial charge is 0.340 e. The zero-order valence-corrected chi connectivity index (χ0v) is 23.1. The molecule has 1 heterocycles. The van der Waals surface area contributed by atoms with Crippen molar-refractivity contribution >= 4 is 33.3 Å². The Labute approximate surface area is 234 Å². The maximum Gasteiger partial charge on any atom is 0.251 e. The van der Waals surface area contributed by atoms with Crippen LogP contribution >= 0.6 is 11.6 Å².